The van der Waals surface area contributed by atoms with Crippen LogP contribution in [0.3, 0.4) is 0 Å². The van der Waals surface area contributed by atoms with Crippen LogP contribution in [0.2, 0.25) is 0 Å². The van der Waals surface area contributed by atoms with Gasteiger partial charge in [0.15, 0.2) is 5.13 Å². The van der Waals surface area contributed by atoms with Crippen molar-refractivity contribution in [3.05, 3.63) is 32.5 Å². The van der Waals surface area contributed by atoms with E-state index in [4.69, 9.17) is 4.74 Å². The summed E-state index contributed by atoms with van der Waals surface area (Å²) in [6.07, 6.45) is 0.823. The van der Waals surface area contributed by atoms with Crippen LogP contribution in [0.5, 0.6) is 0 Å². The van der Waals surface area contributed by atoms with E-state index in [1.54, 1.807) is 11.3 Å². The number of carbonyl (C=O) groups excluding carboxylic acids is 1. The number of aromatic nitrogens is 1. The van der Waals surface area contributed by atoms with Crippen LogP contribution < -0.4 is 10.6 Å². The number of nitrogens with one attached hydrogen (secondary N) is 2. The van der Waals surface area contributed by atoms with Crippen molar-refractivity contribution in [2.75, 3.05) is 11.9 Å². The SMILES string of the molecule is Cc1ccc(CNC(=O)Nc2nc3c(s2)COCC3)s1. The van der Waals surface area contributed by atoms with Crippen LogP contribution >= 0.6 is 22.7 Å². The molecule has 0 saturated heterocycles. The predicted molar refractivity (Wildman–Crippen MR) is 80.4 cm³/mol. The first-order valence-electron chi connectivity index (χ1n) is 6.37. The molecule has 0 radical (unpaired) electrons. The van der Waals surface area contributed by atoms with E-state index in [1.807, 2.05) is 6.07 Å². The molecule has 0 fully saturated rings. The lowest BCUT2D eigenvalue weighted by Gasteiger charge is -2.08. The Balaban J connectivity index is 1.54. The summed E-state index contributed by atoms with van der Waals surface area (Å²) < 4.78 is 5.37. The van der Waals surface area contributed by atoms with Crippen LogP contribution in [0.15, 0.2) is 12.1 Å². The zero-order valence-corrected chi connectivity index (χ0v) is 12.7. The maximum absolute atomic E-state index is 11.8. The zero-order chi connectivity index (χ0) is 13.9. The van der Waals surface area contributed by atoms with Crippen molar-refractivity contribution in [2.24, 2.45) is 0 Å². The first-order chi connectivity index (χ1) is 9.70. The van der Waals surface area contributed by atoms with E-state index in [1.165, 1.54) is 16.2 Å². The van der Waals surface area contributed by atoms with Crippen molar-refractivity contribution < 1.29 is 9.53 Å². The molecule has 0 spiro atoms. The van der Waals surface area contributed by atoms with Gasteiger partial charge in [0.05, 0.1) is 30.3 Å². The Morgan fingerprint density at radius 1 is 1.45 bits per heavy atom. The fraction of sp³-hybridized carbons (Fsp3) is 0.385. The number of thiophene rings is 1. The van der Waals surface area contributed by atoms with E-state index < -0.39 is 0 Å². The molecule has 0 bridgehead atoms. The fourth-order valence-electron chi connectivity index (χ4n) is 1.97. The topological polar surface area (TPSA) is 63.2 Å². The second kappa shape index (κ2) is 5.90. The Labute approximate surface area is 125 Å². The minimum absolute atomic E-state index is 0.219. The molecule has 5 nitrogen and oxygen atoms in total. The number of rotatable bonds is 3. The maximum atomic E-state index is 11.8. The molecule has 106 valence electrons. The number of fused-ring (bicyclic) bond motifs is 1. The Kier molecular flexibility index (Phi) is 4.00. The van der Waals surface area contributed by atoms with Crippen LogP contribution in [0.4, 0.5) is 9.93 Å². The monoisotopic (exact) mass is 309 g/mol. The molecule has 1 aliphatic heterocycles. The van der Waals surface area contributed by atoms with Gasteiger partial charge in [-0.15, -0.1) is 11.3 Å². The summed E-state index contributed by atoms with van der Waals surface area (Å²) in [5, 5.41) is 6.26. The largest absolute Gasteiger partial charge is 0.375 e. The summed E-state index contributed by atoms with van der Waals surface area (Å²) >= 11 is 3.17. The zero-order valence-electron chi connectivity index (χ0n) is 11.1. The molecule has 0 saturated carbocycles. The van der Waals surface area contributed by atoms with Gasteiger partial charge in [-0.05, 0) is 19.1 Å². The number of thiazole rings is 1. The predicted octanol–water partition coefficient (Wildman–Crippen LogP) is 2.91. The molecule has 20 heavy (non-hydrogen) atoms. The van der Waals surface area contributed by atoms with Gasteiger partial charge in [0.25, 0.3) is 0 Å². The lowest BCUT2D eigenvalue weighted by atomic mass is 10.2. The second-order valence-electron chi connectivity index (χ2n) is 4.51. The van der Waals surface area contributed by atoms with Gasteiger partial charge in [-0.3, -0.25) is 5.32 Å². The van der Waals surface area contributed by atoms with Crippen molar-refractivity contribution >= 4 is 33.8 Å². The molecule has 1 aliphatic rings. The van der Waals surface area contributed by atoms with E-state index >= 15 is 0 Å². The van der Waals surface area contributed by atoms with Gasteiger partial charge in [0.2, 0.25) is 0 Å². The fourth-order valence-corrected chi connectivity index (χ4v) is 3.74. The highest BCUT2D eigenvalue weighted by atomic mass is 32.1. The number of ether oxygens (including phenoxy) is 1. The number of amides is 2. The quantitative estimate of drug-likeness (QED) is 0.916. The van der Waals surface area contributed by atoms with Crippen LogP contribution in [0.25, 0.3) is 0 Å². The highest BCUT2D eigenvalue weighted by molar-refractivity contribution is 7.15. The van der Waals surface area contributed by atoms with Gasteiger partial charge in [-0.25, -0.2) is 9.78 Å². The van der Waals surface area contributed by atoms with Gasteiger partial charge in [0.1, 0.15) is 0 Å². The normalized spacial score (nSPS) is 13.8. The van der Waals surface area contributed by atoms with Crippen LogP contribution in [-0.2, 0) is 24.3 Å². The van der Waals surface area contributed by atoms with Gasteiger partial charge in [-0.2, -0.15) is 0 Å². The number of urea groups is 1. The molecular weight excluding hydrogens is 294 g/mol. The lowest BCUT2D eigenvalue weighted by molar-refractivity contribution is 0.112. The lowest BCUT2D eigenvalue weighted by Crippen LogP contribution is -2.27. The molecule has 3 heterocycles. The van der Waals surface area contributed by atoms with Crippen LogP contribution in [-0.4, -0.2) is 17.6 Å². The molecule has 2 aromatic heterocycles. The van der Waals surface area contributed by atoms with Gasteiger partial charge in [0, 0.05) is 16.2 Å². The minimum atomic E-state index is -0.219. The third kappa shape index (κ3) is 3.17. The smallest absolute Gasteiger partial charge is 0.321 e. The highest BCUT2D eigenvalue weighted by Crippen LogP contribution is 2.26. The maximum Gasteiger partial charge on any atom is 0.321 e. The minimum Gasteiger partial charge on any atom is -0.375 e. The van der Waals surface area contributed by atoms with Crippen molar-refractivity contribution in [3.8, 4) is 0 Å². The molecule has 3 rings (SSSR count). The van der Waals surface area contributed by atoms with E-state index in [0.29, 0.717) is 24.9 Å². The third-order valence-corrected chi connectivity index (χ3v) is 4.92. The molecule has 0 aromatic carbocycles. The summed E-state index contributed by atoms with van der Waals surface area (Å²) in [7, 11) is 0. The summed E-state index contributed by atoms with van der Waals surface area (Å²) in [5.74, 6) is 0. The summed E-state index contributed by atoms with van der Waals surface area (Å²) in [4.78, 5) is 19.7. The van der Waals surface area contributed by atoms with Crippen molar-refractivity contribution in [3.63, 3.8) is 0 Å². The number of aryl methyl sites for hydroxylation is 1. The Morgan fingerprint density at radius 3 is 3.10 bits per heavy atom. The average molecular weight is 309 g/mol. The Hall–Kier alpha value is -1.44. The molecule has 2 amide bonds. The Bertz CT molecular complexity index is 597. The molecule has 0 unspecified atom stereocenters. The van der Waals surface area contributed by atoms with Gasteiger partial charge in [-0.1, -0.05) is 11.3 Å². The first kappa shape index (κ1) is 13.5. The van der Waals surface area contributed by atoms with E-state index in [-0.39, 0.29) is 6.03 Å². The van der Waals surface area contributed by atoms with Crippen molar-refractivity contribution in [1.82, 2.24) is 10.3 Å². The number of nitrogens with zero attached hydrogens (tertiary/aromatic N) is 1. The summed E-state index contributed by atoms with van der Waals surface area (Å²) in [6.45, 7) is 3.90. The number of carbonyl (C=O) groups is 1. The van der Waals surface area contributed by atoms with Crippen molar-refractivity contribution in [2.45, 2.75) is 26.5 Å². The molecule has 2 aromatic rings. The van der Waals surface area contributed by atoms with Gasteiger partial charge < -0.3 is 10.1 Å². The number of hydrogen-bond donors (Lipinski definition) is 2. The summed E-state index contributed by atoms with van der Waals surface area (Å²) in [5.41, 5.74) is 1.05. The number of hydrogen-bond acceptors (Lipinski definition) is 5. The van der Waals surface area contributed by atoms with Crippen molar-refractivity contribution in [1.29, 1.82) is 0 Å². The van der Waals surface area contributed by atoms with Gasteiger partial charge >= 0.3 is 6.03 Å². The second-order valence-corrected chi connectivity index (χ2v) is 6.97. The summed E-state index contributed by atoms with van der Waals surface area (Å²) in [6, 6.07) is 3.86. The average Bonchev–Trinajstić information content (AvgIpc) is 3.01. The molecule has 0 aliphatic carbocycles. The van der Waals surface area contributed by atoms with Crippen LogP contribution in [0, 0.1) is 6.92 Å². The van der Waals surface area contributed by atoms with E-state index in [0.717, 1.165) is 21.9 Å². The highest BCUT2D eigenvalue weighted by Gasteiger charge is 2.16. The molecule has 2 N–H and O–H groups in total. The van der Waals surface area contributed by atoms with E-state index in [2.05, 4.69) is 28.6 Å². The third-order valence-electron chi connectivity index (χ3n) is 2.93. The molecular formula is C13H15N3O2S2. The molecule has 7 heteroatoms. The standard InChI is InChI=1S/C13H15N3O2S2/c1-8-2-3-9(19-8)6-14-12(17)16-13-15-10-4-5-18-7-11(10)20-13/h2-3H,4-7H2,1H3,(H2,14,15,16,17). The Morgan fingerprint density at radius 2 is 2.35 bits per heavy atom. The first-order valence-corrected chi connectivity index (χ1v) is 8.00. The van der Waals surface area contributed by atoms with E-state index in [9.17, 15) is 4.79 Å². The number of anilines is 1. The van der Waals surface area contributed by atoms with Crippen LogP contribution in [0.1, 0.15) is 20.3 Å². The molecule has 0 atom stereocenters.